The standard InChI is InChI=1S/C21H17N3O7S/c1-28-17-10-7-15(13-18(17)29-2)20(25)30-11-3-4-12-32-21-23-22-19(31-21)14-5-8-16(9-6-14)24(26)27/h5-10,13H,11-12H2,1-2H3. The molecule has 0 bridgehead atoms. The molecule has 11 heteroatoms. The lowest BCUT2D eigenvalue weighted by atomic mass is 10.2. The highest BCUT2D eigenvalue weighted by atomic mass is 32.2. The average Bonchev–Trinajstić information content (AvgIpc) is 3.29. The van der Waals surface area contributed by atoms with Gasteiger partial charge in [-0.05, 0) is 30.3 Å². The molecule has 0 atom stereocenters. The quantitative estimate of drug-likeness (QED) is 0.163. The monoisotopic (exact) mass is 455 g/mol. The number of nitro benzene ring substituents is 1. The van der Waals surface area contributed by atoms with E-state index in [1.807, 2.05) is 0 Å². The molecular formula is C21H17N3O7S. The van der Waals surface area contributed by atoms with E-state index in [1.54, 1.807) is 12.1 Å². The number of hydrogen-bond donors (Lipinski definition) is 0. The molecule has 164 valence electrons. The van der Waals surface area contributed by atoms with Gasteiger partial charge < -0.3 is 18.6 Å². The van der Waals surface area contributed by atoms with Gasteiger partial charge in [-0.1, -0.05) is 23.6 Å². The van der Waals surface area contributed by atoms with Gasteiger partial charge in [-0.3, -0.25) is 10.1 Å². The first kappa shape index (κ1) is 22.6. The summed E-state index contributed by atoms with van der Waals surface area (Å²) in [5.41, 5.74) is 0.872. The lowest BCUT2D eigenvalue weighted by Gasteiger charge is -2.08. The number of esters is 1. The molecule has 0 spiro atoms. The summed E-state index contributed by atoms with van der Waals surface area (Å²) < 4.78 is 20.9. The summed E-state index contributed by atoms with van der Waals surface area (Å²) in [7, 11) is 2.99. The van der Waals surface area contributed by atoms with E-state index in [4.69, 9.17) is 18.6 Å². The Labute approximate surface area is 187 Å². The van der Waals surface area contributed by atoms with Crippen LogP contribution < -0.4 is 9.47 Å². The Morgan fingerprint density at radius 2 is 1.84 bits per heavy atom. The maximum absolute atomic E-state index is 12.1. The van der Waals surface area contributed by atoms with E-state index in [0.29, 0.717) is 33.6 Å². The van der Waals surface area contributed by atoms with Crippen LogP contribution in [0.4, 0.5) is 5.69 Å². The summed E-state index contributed by atoms with van der Waals surface area (Å²) in [5, 5.41) is 18.8. The van der Waals surface area contributed by atoms with Crippen LogP contribution in [0.1, 0.15) is 10.4 Å². The van der Waals surface area contributed by atoms with Crippen molar-refractivity contribution in [2.45, 2.75) is 5.22 Å². The second-order valence-corrected chi connectivity index (χ2v) is 6.89. The van der Waals surface area contributed by atoms with Crippen molar-refractivity contribution in [3.63, 3.8) is 0 Å². The second-order valence-electron chi connectivity index (χ2n) is 5.97. The maximum atomic E-state index is 12.1. The summed E-state index contributed by atoms with van der Waals surface area (Å²) in [6.45, 7) is -0.0778. The van der Waals surface area contributed by atoms with Crippen molar-refractivity contribution in [3.05, 3.63) is 58.1 Å². The van der Waals surface area contributed by atoms with Gasteiger partial charge >= 0.3 is 5.97 Å². The third-order valence-corrected chi connectivity index (χ3v) is 4.72. The van der Waals surface area contributed by atoms with Gasteiger partial charge in [0, 0.05) is 17.7 Å². The molecule has 0 aliphatic heterocycles. The molecule has 0 N–H and O–H groups in total. The first-order valence-corrected chi connectivity index (χ1v) is 10.1. The van der Waals surface area contributed by atoms with Gasteiger partial charge in [0.05, 0.1) is 30.5 Å². The predicted molar refractivity (Wildman–Crippen MR) is 115 cm³/mol. The van der Waals surface area contributed by atoms with Gasteiger partial charge in [0.25, 0.3) is 10.9 Å². The molecule has 0 saturated carbocycles. The third kappa shape index (κ3) is 5.77. The van der Waals surface area contributed by atoms with Crippen molar-refractivity contribution >= 4 is 23.4 Å². The minimum absolute atomic E-state index is 0.0232. The van der Waals surface area contributed by atoms with Crippen molar-refractivity contribution in [2.24, 2.45) is 0 Å². The predicted octanol–water partition coefficient (Wildman–Crippen LogP) is 3.61. The van der Waals surface area contributed by atoms with E-state index >= 15 is 0 Å². The molecule has 0 aliphatic rings. The number of ether oxygens (including phenoxy) is 3. The molecule has 1 aromatic heterocycles. The average molecular weight is 455 g/mol. The van der Waals surface area contributed by atoms with E-state index in [-0.39, 0.29) is 18.2 Å². The lowest BCUT2D eigenvalue weighted by Crippen LogP contribution is -2.06. The van der Waals surface area contributed by atoms with Crippen LogP contribution in [-0.4, -0.2) is 47.7 Å². The highest BCUT2D eigenvalue weighted by molar-refractivity contribution is 7.99. The van der Waals surface area contributed by atoms with Crippen LogP contribution in [0.25, 0.3) is 11.5 Å². The summed E-state index contributed by atoms with van der Waals surface area (Å²) in [4.78, 5) is 22.3. The van der Waals surface area contributed by atoms with Crippen molar-refractivity contribution < 1.29 is 28.3 Å². The van der Waals surface area contributed by atoms with Crippen LogP contribution in [0, 0.1) is 22.0 Å². The topological polar surface area (TPSA) is 127 Å². The normalized spacial score (nSPS) is 10.1. The van der Waals surface area contributed by atoms with Gasteiger partial charge in [0.2, 0.25) is 5.89 Å². The number of carbonyl (C=O) groups excluding carboxylic acids is 1. The molecular weight excluding hydrogens is 438 g/mol. The van der Waals surface area contributed by atoms with E-state index in [2.05, 4.69) is 22.0 Å². The number of methoxy groups -OCH3 is 2. The van der Waals surface area contributed by atoms with E-state index in [0.717, 1.165) is 0 Å². The summed E-state index contributed by atoms with van der Waals surface area (Å²) in [6, 6.07) is 10.5. The van der Waals surface area contributed by atoms with Crippen molar-refractivity contribution in [3.8, 4) is 34.8 Å². The van der Waals surface area contributed by atoms with Gasteiger partial charge in [-0.25, -0.2) is 4.79 Å². The van der Waals surface area contributed by atoms with Crippen LogP contribution in [0.2, 0.25) is 0 Å². The Bertz CT molecular complexity index is 1170. The fourth-order valence-electron chi connectivity index (χ4n) is 2.46. The van der Waals surface area contributed by atoms with Crippen LogP contribution in [0.15, 0.2) is 52.1 Å². The van der Waals surface area contributed by atoms with Crippen molar-refractivity contribution in [1.29, 1.82) is 0 Å². The molecule has 10 nitrogen and oxygen atoms in total. The highest BCUT2D eigenvalue weighted by Crippen LogP contribution is 2.28. The minimum atomic E-state index is -0.530. The van der Waals surface area contributed by atoms with Crippen LogP contribution in [0.5, 0.6) is 11.5 Å². The van der Waals surface area contributed by atoms with Crippen LogP contribution >= 0.6 is 11.8 Å². The number of nitrogens with zero attached hydrogens (tertiary/aromatic N) is 3. The molecule has 0 aliphatic carbocycles. The first-order valence-electron chi connectivity index (χ1n) is 9.08. The maximum Gasteiger partial charge on any atom is 0.339 e. The molecule has 0 amide bonds. The Morgan fingerprint density at radius 3 is 2.53 bits per heavy atom. The number of thioether (sulfide) groups is 1. The number of rotatable bonds is 8. The fourth-order valence-corrected chi connectivity index (χ4v) is 2.99. The van der Waals surface area contributed by atoms with E-state index in [9.17, 15) is 14.9 Å². The number of aromatic nitrogens is 2. The Hall–Kier alpha value is -4.04. The van der Waals surface area contributed by atoms with E-state index in [1.165, 1.54) is 56.3 Å². The number of nitro groups is 1. The number of carbonyl (C=O) groups is 1. The molecule has 0 saturated heterocycles. The lowest BCUT2D eigenvalue weighted by molar-refractivity contribution is -0.384. The molecule has 0 radical (unpaired) electrons. The van der Waals surface area contributed by atoms with Crippen molar-refractivity contribution in [1.82, 2.24) is 10.2 Å². The number of benzene rings is 2. The van der Waals surface area contributed by atoms with Crippen LogP contribution in [0.3, 0.4) is 0 Å². The SMILES string of the molecule is COc1ccc(C(=O)OCC#CCSc2nnc(-c3ccc([N+](=O)[O-])cc3)o2)cc1OC. The molecule has 32 heavy (non-hydrogen) atoms. The summed E-state index contributed by atoms with van der Waals surface area (Å²) in [6.07, 6.45) is 0. The van der Waals surface area contributed by atoms with Crippen molar-refractivity contribution in [2.75, 3.05) is 26.6 Å². The highest BCUT2D eigenvalue weighted by Gasteiger charge is 2.12. The number of hydrogen-bond acceptors (Lipinski definition) is 10. The zero-order valence-corrected chi connectivity index (χ0v) is 17.9. The first-order chi connectivity index (χ1) is 15.5. The molecule has 0 unspecified atom stereocenters. The molecule has 3 aromatic rings. The number of non-ortho nitro benzene ring substituents is 1. The second kappa shape index (κ2) is 10.8. The summed E-state index contributed by atoms with van der Waals surface area (Å²) >= 11 is 1.22. The molecule has 1 heterocycles. The van der Waals surface area contributed by atoms with E-state index < -0.39 is 10.9 Å². The molecule has 3 rings (SSSR count). The molecule has 2 aromatic carbocycles. The van der Waals surface area contributed by atoms with Gasteiger partial charge in [0.15, 0.2) is 18.1 Å². The van der Waals surface area contributed by atoms with Gasteiger partial charge in [-0.2, -0.15) is 0 Å². The smallest absolute Gasteiger partial charge is 0.339 e. The third-order valence-electron chi connectivity index (χ3n) is 4.02. The van der Waals surface area contributed by atoms with Gasteiger partial charge in [0.1, 0.15) is 0 Å². The van der Waals surface area contributed by atoms with Gasteiger partial charge in [-0.15, -0.1) is 10.2 Å². The zero-order valence-electron chi connectivity index (χ0n) is 17.1. The molecule has 0 fully saturated rings. The van der Waals surface area contributed by atoms with Crippen LogP contribution in [-0.2, 0) is 4.74 Å². The Balaban J connectivity index is 1.46. The largest absolute Gasteiger partial charge is 0.493 e. The Morgan fingerprint density at radius 1 is 1.09 bits per heavy atom. The summed E-state index contributed by atoms with van der Waals surface area (Å²) in [5.74, 6) is 6.58. The Kier molecular flexibility index (Phi) is 7.66. The fraction of sp³-hybridized carbons (Fsp3) is 0.190. The minimum Gasteiger partial charge on any atom is -0.493 e. The zero-order chi connectivity index (χ0) is 22.9.